The Balaban J connectivity index is 1.68. The lowest BCUT2D eigenvalue weighted by molar-refractivity contribution is 0.0945. The minimum absolute atomic E-state index is 0.0809. The number of rotatable bonds is 4. The highest BCUT2D eigenvalue weighted by Crippen LogP contribution is 2.10. The zero-order valence-electron chi connectivity index (χ0n) is 11.4. The Morgan fingerprint density at radius 1 is 1.29 bits per heavy atom. The minimum Gasteiger partial charge on any atom is -0.356 e. The topological polar surface area (TPSA) is 90.6 Å². The van der Waals surface area contributed by atoms with Gasteiger partial charge in [-0.3, -0.25) is 9.59 Å². The predicted octanol–water partition coefficient (Wildman–Crippen LogP) is 2.02. The second-order valence-electron chi connectivity index (χ2n) is 4.74. The van der Waals surface area contributed by atoms with E-state index in [0.29, 0.717) is 23.6 Å². The molecule has 6 nitrogen and oxygen atoms in total. The molecule has 0 saturated carbocycles. The number of Topliss-reactive ketones (excluding diaryl/α,β-unsaturated/α-hetero) is 1. The molecule has 0 radical (unpaired) electrons. The van der Waals surface area contributed by atoms with Crippen molar-refractivity contribution < 1.29 is 9.59 Å². The van der Waals surface area contributed by atoms with Crippen LogP contribution in [0.2, 0.25) is 0 Å². The van der Waals surface area contributed by atoms with E-state index in [4.69, 9.17) is 0 Å². The molecular formula is C15H14N4O2. The van der Waals surface area contributed by atoms with E-state index in [1.54, 1.807) is 0 Å². The largest absolute Gasteiger partial charge is 0.356 e. The summed E-state index contributed by atoms with van der Waals surface area (Å²) in [6.07, 6.45) is 1.53. The van der Waals surface area contributed by atoms with E-state index in [0.717, 1.165) is 11.0 Å². The molecule has 0 atom stereocenters. The molecular weight excluding hydrogens is 268 g/mol. The normalized spacial score (nSPS) is 10.7. The van der Waals surface area contributed by atoms with E-state index >= 15 is 0 Å². The first-order valence-corrected chi connectivity index (χ1v) is 6.54. The van der Waals surface area contributed by atoms with E-state index in [1.165, 1.54) is 19.2 Å². The molecule has 2 aromatic heterocycles. The monoisotopic (exact) mass is 282 g/mol. The summed E-state index contributed by atoms with van der Waals surface area (Å²) >= 11 is 0. The summed E-state index contributed by atoms with van der Waals surface area (Å²) in [7, 11) is 0. The lowest BCUT2D eigenvalue weighted by Gasteiger charge is -2.00. The molecule has 0 aliphatic carbocycles. The van der Waals surface area contributed by atoms with Crippen molar-refractivity contribution in [2.45, 2.75) is 13.5 Å². The average molecular weight is 282 g/mol. The first kappa shape index (κ1) is 13.1. The number of carbonyl (C=O) groups excluding carboxylic acids is 2. The Kier molecular flexibility index (Phi) is 3.27. The third kappa shape index (κ3) is 2.69. The Morgan fingerprint density at radius 3 is 2.81 bits per heavy atom. The van der Waals surface area contributed by atoms with Crippen molar-refractivity contribution in [2.24, 2.45) is 0 Å². The van der Waals surface area contributed by atoms with Gasteiger partial charge < -0.3 is 15.3 Å². The third-order valence-corrected chi connectivity index (χ3v) is 3.19. The highest BCUT2D eigenvalue weighted by atomic mass is 16.2. The maximum atomic E-state index is 12.0. The maximum Gasteiger partial charge on any atom is 0.268 e. The number of carbonyl (C=O) groups is 2. The number of nitrogens with zero attached hydrogens (tertiary/aromatic N) is 1. The van der Waals surface area contributed by atoms with Gasteiger partial charge in [-0.05, 0) is 25.1 Å². The molecule has 3 aromatic rings. The number of H-pyrrole nitrogens is 2. The summed E-state index contributed by atoms with van der Waals surface area (Å²) in [4.78, 5) is 33.5. The molecule has 0 aliphatic rings. The van der Waals surface area contributed by atoms with Gasteiger partial charge in [0.15, 0.2) is 5.78 Å². The van der Waals surface area contributed by atoms with Gasteiger partial charge in [-0.25, -0.2) is 4.98 Å². The van der Waals surface area contributed by atoms with Gasteiger partial charge in [0, 0.05) is 11.8 Å². The molecule has 3 rings (SSSR count). The van der Waals surface area contributed by atoms with Crippen LogP contribution in [0.25, 0.3) is 11.0 Å². The molecule has 0 spiro atoms. The summed E-state index contributed by atoms with van der Waals surface area (Å²) in [5, 5.41) is 2.75. The molecule has 0 fully saturated rings. The molecule has 106 valence electrons. The molecule has 1 aromatic carbocycles. The number of imidazole rings is 1. The summed E-state index contributed by atoms with van der Waals surface area (Å²) in [6, 6.07) is 9.20. The van der Waals surface area contributed by atoms with Crippen molar-refractivity contribution >= 4 is 22.7 Å². The first-order chi connectivity index (χ1) is 10.1. The third-order valence-electron chi connectivity index (χ3n) is 3.19. The van der Waals surface area contributed by atoms with Crippen molar-refractivity contribution in [3.05, 3.63) is 53.6 Å². The number of aromatic amines is 2. The fourth-order valence-corrected chi connectivity index (χ4v) is 2.08. The van der Waals surface area contributed by atoms with Crippen LogP contribution < -0.4 is 5.32 Å². The van der Waals surface area contributed by atoms with E-state index in [2.05, 4.69) is 20.3 Å². The summed E-state index contributed by atoms with van der Waals surface area (Å²) in [5.74, 6) is 0.327. The Bertz CT molecular complexity index is 783. The number of benzene rings is 1. The van der Waals surface area contributed by atoms with Crippen molar-refractivity contribution in [3.63, 3.8) is 0 Å². The molecule has 0 saturated heterocycles. The molecule has 0 unspecified atom stereocenters. The van der Waals surface area contributed by atoms with Gasteiger partial charge in [0.2, 0.25) is 0 Å². The quantitative estimate of drug-likeness (QED) is 0.639. The van der Waals surface area contributed by atoms with Gasteiger partial charge in [-0.2, -0.15) is 0 Å². The second kappa shape index (κ2) is 5.24. The predicted molar refractivity (Wildman–Crippen MR) is 78.1 cm³/mol. The van der Waals surface area contributed by atoms with Crippen LogP contribution in [0.4, 0.5) is 0 Å². The number of amides is 1. The van der Waals surface area contributed by atoms with Crippen LogP contribution in [0.3, 0.4) is 0 Å². The van der Waals surface area contributed by atoms with Crippen LogP contribution in [0, 0.1) is 0 Å². The molecule has 6 heteroatoms. The van der Waals surface area contributed by atoms with Crippen LogP contribution in [0.15, 0.2) is 36.5 Å². The van der Waals surface area contributed by atoms with E-state index in [1.807, 2.05) is 24.3 Å². The lowest BCUT2D eigenvalue weighted by Crippen LogP contribution is -2.23. The SMILES string of the molecule is CC(=O)c1c[nH]c(C(=O)NCc2nc3ccccc3[nH]2)c1. The summed E-state index contributed by atoms with van der Waals surface area (Å²) in [6.45, 7) is 1.75. The highest BCUT2D eigenvalue weighted by molar-refractivity contribution is 5.99. The van der Waals surface area contributed by atoms with Crippen LogP contribution in [0.5, 0.6) is 0 Å². The van der Waals surface area contributed by atoms with Crippen LogP contribution in [0.1, 0.15) is 33.6 Å². The van der Waals surface area contributed by atoms with Crippen LogP contribution in [-0.2, 0) is 6.54 Å². The van der Waals surface area contributed by atoms with Gasteiger partial charge in [0.1, 0.15) is 11.5 Å². The fraction of sp³-hybridized carbons (Fsp3) is 0.133. The number of fused-ring (bicyclic) bond motifs is 1. The molecule has 0 bridgehead atoms. The van der Waals surface area contributed by atoms with Gasteiger partial charge in [-0.1, -0.05) is 12.1 Å². The lowest BCUT2D eigenvalue weighted by atomic mass is 10.2. The molecule has 21 heavy (non-hydrogen) atoms. The van der Waals surface area contributed by atoms with Crippen molar-refractivity contribution in [1.29, 1.82) is 0 Å². The number of hydrogen-bond acceptors (Lipinski definition) is 3. The van der Waals surface area contributed by atoms with Crippen molar-refractivity contribution in [3.8, 4) is 0 Å². The number of para-hydroxylation sites is 2. The van der Waals surface area contributed by atoms with Gasteiger partial charge in [0.25, 0.3) is 5.91 Å². The molecule has 0 aliphatic heterocycles. The standard InChI is InChI=1S/C15H14N4O2/c1-9(20)10-6-13(16-7-10)15(21)17-8-14-18-11-4-2-3-5-12(11)19-14/h2-7,16H,8H2,1H3,(H,17,21)(H,18,19). The smallest absolute Gasteiger partial charge is 0.268 e. The number of hydrogen-bond donors (Lipinski definition) is 3. The summed E-state index contributed by atoms with van der Waals surface area (Å²) in [5.41, 5.74) is 2.64. The number of nitrogens with one attached hydrogen (secondary N) is 3. The number of ketones is 1. The van der Waals surface area contributed by atoms with E-state index < -0.39 is 0 Å². The minimum atomic E-state index is -0.275. The van der Waals surface area contributed by atoms with Crippen molar-refractivity contribution in [1.82, 2.24) is 20.3 Å². The zero-order valence-corrected chi connectivity index (χ0v) is 11.4. The maximum absolute atomic E-state index is 12.0. The Labute approximate surface area is 120 Å². The van der Waals surface area contributed by atoms with E-state index in [9.17, 15) is 9.59 Å². The fourth-order valence-electron chi connectivity index (χ4n) is 2.08. The highest BCUT2D eigenvalue weighted by Gasteiger charge is 2.11. The Morgan fingerprint density at radius 2 is 2.10 bits per heavy atom. The zero-order chi connectivity index (χ0) is 14.8. The van der Waals surface area contributed by atoms with Gasteiger partial charge in [0.05, 0.1) is 17.6 Å². The van der Waals surface area contributed by atoms with Gasteiger partial charge in [-0.15, -0.1) is 0 Å². The molecule has 2 heterocycles. The average Bonchev–Trinajstić information content (AvgIpc) is 3.11. The van der Waals surface area contributed by atoms with Gasteiger partial charge >= 0.3 is 0 Å². The first-order valence-electron chi connectivity index (χ1n) is 6.54. The van der Waals surface area contributed by atoms with E-state index in [-0.39, 0.29) is 11.7 Å². The van der Waals surface area contributed by atoms with Crippen molar-refractivity contribution in [2.75, 3.05) is 0 Å². The molecule has 3 N–H and O–H groups in total. The van der Waals surface area contributed by atoms with Crippen LogP contribution >= 0.6 is 0 Å². The van der Waals surface area contributed by atoms with Crippen LogP contribution in [-0.4, -0.2) is 26.6 Å². The number of aromatic nitrogens is 3. The Hall–Kier alpha value is -2.89. The molecule has 1 amide bonds. The summed E-state index contributed by atoms with van der Waals surface area (Å²) < 4.78 is 0. The second-order valence-corrected chi connectivity index (χ2v) is 4.74.